The predicted octanol–water partition coefficient (Wildman–Crippen LogP) is 5.85. The summed E-state index contributed by atoms with van der Waals surface area (Å²) in [6, 6.07) is 0. The lowest BCUT2D eigenvalue weighted by Crippen LogP contribution is -2.10. The number of aliphatic carboxylic acids is 1. The van der Waals surface area contributed by atoms with E-state index in [1.165, 1.54) is 25.7 Å². The Bertz CT molecular complexity index is 431. The Morgan fingerprint density at radius 3 is 1.78 bits per heavy atom. The van der Waals surface area contributed by atoms with E-state index in [4.69, 9.17) is 10.5 Å². The summed E-state index contributed by atoms with van der Waals surface area (Å²) in [4.78, 5) is 10.4. The van der Waals surface area contributed by atoms with Crippen molar-refractivity contribution in [3.05, 3.63) is 48.6 Å². The van der Waals surface area contributed by atoms with Gasteiger partial charge in [-0.25, -0.2) is 4.79 Å². The van der Waals surface area contributed by atoms with E-state index < -0.39 is 5.97 Å². The van der Waals surface area contributed by atoms with Crippen molar-refractivity contribution in [2.24, 2.45) is 0 Å². The Morgan fingerprint density at radius 1 is 0.826 bits per heavy atom. The van der Waals surface area contributed by atoms with Crippen molar-refractivity contribution in [2.45, 2.75) is 64.7 Å². The molecule has 0 unspecified atom stereocenters. The smallest absolute Gasteiger partial charge is 0.349 e. The number of rotatable bonds is 14. The molecule has 0 saturated heterocycles. The maximum absolute atomic E-state index is 10.4. The molecular weight excluding hydrogens is 286 g/mol. The molecule has 0 aromatic heterocycles. The van der Waals surface area contributed by atoms with Gasteiger partial charge in [0.15, 0.2) is 0 Å². The first kappa shape index (κ1) is 21.1. The van der Waals surface area contributed by atoms with E-state index in [0.29, 0.717) is 12.8 Å². The van der Waals surface area contributed by atoms with Gasteiger partial charge in [0.05, 0.1) is 0 Å². The molecule has 0 aliphatic heterocycles. The molecule has 0 spiro atoms. The van der Waals surface area contributed by atoms with Gasteiger partial charge in [0.2, 0.25) is 0 Å². The summed E-state index contributed by atoms with van der Waals surface area (Å²) < 4.78 is 0. The van der Waals surface area contributed by atoms with Gasteiger partial charge in [-0.3, -0.25) is 5.41 Å². The van der Waals surface area contributed by atoms with Crippen LogP contribution in [0.15, 0.2) is 48.6 Å². The number of hydrogen-bond acceptors (Lipinski definition) is 2. The van der Waals surface area contributed by atoms with Crippen LogP contribution in [0.5, 0.6) is 0 Å². The fraction of sp³-hybridized carbons (Fsp3) is 0.500. The number of allylic oxidation sites excluding steroid dienone is 8. The number of hydrogen-bond donors (Lipinski definition) is 2. The van der Waals surface area contributed by atoms with E-state index in [2.05, 4.69) is 43.4 Å². The second-order valence-electron chi connectivity index (χ2n) is 5.41. The molecule has 23 heavy (non-hydrogen) atoms. The highest BCUT2D eigenvalue weighted by molar-refractivity contribution is 6.34. The normalized spacial score (nSPS) is 12.2. The summed E-state index contributed by atoms with van der Waals surface area (Å²) in [6.07, 6.45) is 25.8. The molecule has 0 bridgehead atoms. The third-order valence-corrected chi connectivity index (χ3v) is 3.28. The molecule has 0 amide bonds. The minimum Gasteiger partial charge on any atom is -0.477 e. The molecule has 0 aromatic carbocycles. The molecule has 0 aliphatic rings. The molecule has 0 radical (unpaired) electrons. The van der Waals surface area contributed by atoms with Crippen LogP contribution in [-0.4, -0.2) is 16.8 Å². The maximum Gasteiger partial charge on any atom is 0.349 e. The Balaban J connectivity index is 3.51. The van der Waals surface area contributed by atoms with Gasteiger partial charge in [0, 0.05) is 0 Å². The summed E-state index contributed by atoms with van der Waals surface area (Å²) in [7, 11) is 0. The Morgan fingerprint density at radius 2 is 1.30 bits per heavy atom. The lowest BCUT2D eigenvalue weighted by atomic mass is 10.2. The topological polar surface area (TPSA) is 61.2 Å². The third kappa shape index (κ3) is 16.3. The third-order valence-electron chi connectivity index (χ3n) is 3.28. The van der Waals surface area contributed by atoms with Gasteiger partial charge in [-0.05, 0) is 44.9 Å². The molecule has 0 saturated carbocycles. The van der Waals surface area contributed by atoms with Crippen LogP contribution in [0.2, 0.25) is 0 Å². The quantitative estimate of drug-likeness (QED) is 0.240. The van der Waals surface area contributed by atoms with Crippen molar-refractivity contribution in [3.63, 3.8) is 0 Å². The van der Waals surface area contributed by atoms with Gasteiger partial charge < -0.3 is 5.11 Å². The minimum atomic E-state index is -1.12. The fourth-order valence-corrected chi connectivity index (χ4v) is 1.90. The van der Waals surface area contributed by atoms with E-state index >= 15 is 0 Å². The van der Waals surface area contributed by atoms with Crippen molar-refractivity contribution in [3.8, 4) is 0 Å². The van der Waals surface area contributed by atoms with E-state index in [1.54, 1.807) is 0 Å². The number of carbonyl (C=O) groups is 1. The average molecular weight is 317 g/mol. The maximum atomic E-state index is 10.4. The van der Waals surface area contributed by atoms with Crippen LogP contribution < -0.4 is 0 Å². The molecule has 0 fully saturated rings. The van der Waals surface area contributed by atoms with Crippen LogP contribution in [0.1, 0.15) is 64.7 Å². The molecule has 3 nitrogen and oxygen atoms in total. The van der Waals surface area contributed by atoms with E-state index in [9.17, 15) is 4.79 Å². The second-order valence-corrected chi connectivity index (χ2v) is 5.41. The summed E-state index contributed by atoms with van der Waals surface area (Å²) in [6.45, 7) is 2.22. The van der Waals surface area contributed by atoms with Crippen molar-refractivity contribution in [2.75, 3.05) is 0 Å². The van der Waals surface area contributed by atoms with E-state index in [1.807, 2.05) is 12.2 Å². The largest absolute Gasteiger partial charge is 0.477 e. The lowest BCUT2D eigenvalue weighted by Gasteiger charge is -1.92. The number of nitrogens with one attached hydrogen (secondary N) is 1. The zero-order chi connectivity index (χ0) is 17.2. The highest BCUT2D eigenvalue weighted by Gasteiger charge is 2.03. The molecule has 0 aromatic rings. The van der Waals surface area contributed by atoms with Crippen molar-refractivity contribution >= 4 is 11.7 Å². The highest BCUT2D eigenvalue weighted by atomic mass is 16.4. The van der Waals surface area contributed by atoms with E-state index in [0.717, 1.165) is 19.3 Å². The first-order chi connectivity index (χ1) is 11.2. The monoisotopic (exact) mass is 317 g/mol. The van der Waals surface area contributed by atoms with Crippen LogP contribution in [-0.2, 0) is 4.79 Å². The van der Waals surface area contributed by atoms with E-state index in [-0.39, 0.29) is 5.71 Å². The van der Waals surface area contributed by atoms with Gasteiger partial charge in [-0.15, -0.1) is 0 Å². The summed E-state index contributed by atoms with van der Waals surface area (Å²) in [5.41, 5.74) is -0.227. The van der Waals surface area contributed by atoms with Gasteiger partial charge in [0.25, 0.3) is 0 Å². The van der Waals surface area contributed by atoms with Crippen LogP contribution in [0.3, 0.4) is 0 Å². The van der Waals surface area contributed by atoms with Gasteiger partial charge >= 0.3 is 5.97 Å². The SMILES string of the molecule is CCCCC/C=C\C/C=C\C/C=C\C/C=C\CCC(=N)C(=O)O. The minimum absolute atomic E-state index is 0.227. The van der Waals surface area contributed by atoms with Crippen LogP contribution >= 0.6 is 0 Å². The number of unbranched alkanes of at least 4 members (excludes halogenated alkanes) is 3. The standard InChI is InChI=1S/C20H31NO2/c1-2-3-4-5-6-7-8-9-10-11-12-13-14-15-16-17-18-19(21)20(22)23/h6-7,9-10,12-13,15-16,21H,2-5,8,11,14,17-18H2,1H3,(H,22,23)/b7-6-,10-9-,13-12-,16-15-,21-19?. The molecule has 128 valence electrons. The zero-order valence-electron chi connectivity index (χ0n) is 14.3. The molecule has 0 rings (SSSR count). The fourth-order valence-electron chi connectivity index (χ4n) is 1.90. The van der Waals surface area contributed by atoms with Gasteiger partial charge in [-0.1, -0.05) is 68.4 Å². The van der Waals surface area contributed by atoms with Gasteiger partial charge in [0.1, 0.15) is 5.71 Å². The Labute approximate surface area is 141 Å². The van der Waals surface area contributed by atoms with Crippen LogP contribution in [0.25, 0.3) is 0 Å². The predicted molar refractivity (Wildman–Crippen MR) is 99.1 cm³/mol. The molecular formula is C20H31NO2. The first-order valence-electron chi connectivity index (χ1n) is 8.59. The first-order valence-corrected chi connectivity index (χ1v) is 8.59. The lowest BCUT2D eigenvalue weighted by molar-refractivity contribution is -0.129. The van der Waals surface area contributed by atoms with Gasteiger partial charge in [-0.2, -0.15) is 0 Å². The molecule has 3 heteroatoms. The summed E-state index contributed by atoms with van der Waals surface area (Å²) >= 11 is 0. The van der Waals surface area contributed by atoms with Crippen molar-refractivity contribution < 1.29 is 9.90 Å². The Kier molecular flexibility index (Phi) is 15.1. The highest BCUT2D eigenvalue weighted by Crippen LogP contribution is 2.01. The summed E-state index contributed by atoms with van der Waals surface area (Å²) in [5, 5.41) is 15.7. The van der Waals surface area contributed by atoms with Crippen LogP contribution in [0.4, 0.5) is 0 Å². The molecule has 2 N–H and O–H groups in total. The Hall–Kier alpha value is -1.90. The second kappa shape index (κ2) is 16.5. The number of carboxylic acid groups (broad SMARTS) is 1. The zero-order valence-corrected chi connectivity index (χ0v) is 14.3. The molecule has 0 aliphatic carbocycles. The van der Waals surface area contributed by atoms with Crippen molar-refractivity contribution in [1.82, 2.24) is 0 Å². The molecule has 0 heterocycles. The molecule has 0 atom stereocenters. The summed E-state index contributed by atoms with van der Waals surface area (Å²) in [5.74, 6) is -1.12. The number of carboxylic acids is 1. The average Bonchev–Trinajstić information content (AvgIpc) is 2.54. The van der Waals surface area contributed by atoms with Crippen molar-refractivity contribution in [1.29, 1.82) is 5.41 Å². The van der Waals surface area contributed by atoms with Crippen LogP contribution in [0, 0.1) is 5.41 Å².